The minimum atomic E-state index is -0.758. The Morgan fingerprint density at radius 3 is 2.00 bits per heavy atom. The monoisotopic (exact) mass is 462 g/mol. The normalized spacial score (nSPS) is 33.2. The molecule has 0 amide bonds. The van der Waals surface area contributed by atoms with Gasteiger partial charge in [0.25, 0.3) is 0 Å². The fraction of sp³-hybridized carbons (Fsp3) is 0.793. The van der Waals surface area contributed by atoms with Crippen LogP contribution in [0, 0.1) is 41.2 Å². The topological polar surface area (TPSA) is 18.5 Å². The highest BCUT2D eigenvalue weighted by atomic mass is 19.2. The molecule has 2 nitrogen and oxygen atoms in total. The third-order valence-corrected chi connectivity index (χ3v) is 8.79. The van der Waals surface area contributed by atoms with Crippen LogP contribution in [0.1, 0.15) is 96.0 Å². The van der Waals surface area contributed by atoms with Gasteiger partial charge in [-0.05, 0) is 86.8 Å². The Labute approximate surface area is 199 Å². The number of rotatable bonds is 9. The quantitative estimate of drug-likeness (QED) is 0.345. The Hall–Kier alpha value is -1.00. The van der Waals surface area contributed by atoms with Crippen LogP contribution in [0.15, 0.2) is 18.2 Å². The number of unbranched alkanes of at least 4 members (excludes halogenated alkanes) is 1. The van der Waals surface area contributed by atoms with Gasteiger partial charge in [0.05, 0.1) is 13.2 Å². The molecule has 1 heterocycles. The molecule has 0 bridgehead atoms. The van der Waals surface area contributed by atoms with E-state index in [4.69, 9.17) is 9.47 Å². The lowest BCUT2D eigenvalue weighted by atomic mass is 9.74. The van der Waals surface area contributed by atoms with E-state index < -0.39 is 11.6 Å². The SMILES string of the molecule is CCCC1CCC(C2COC(C3CCC(CCCCc4ccc(F)c(F)c4)CC3)OC2)CC1. The highest BCUT2D eigenvalue weighted by Gasteiger charge is 2.35. The lowest BCUT2D eigenvalue weighted by Crippen LogP contribution is -2.41. The molecular formula is C29H44F2O2. The summed E-state index contributed by atoms with van der Waals surface area (Å²) in [6, 6.07) is 4.28. The second kappa shape index (κ2) is 12.6. The van der Waals surface area contributed by atoms with Crippen molar-refractivity contribution in [2.45, 2.75) is 103 Å². The Bertz CT molecular complexity index is 700. The minimum Gasteiger partial charge on any atom is -0.352 e. The van der Waals surface area contributed by atoms with Crippen molar-refractivity contribution in [1.29, 1.82) is 0 Å². The molecule has 186 valence electrons. The number of hydrogen-bond donors (Lipinski definition) is 0. The molecule has 2 saturated carbocycles. The van der Waals surface area contributed by atoms with E-state index in [0.717, 1.165) is 55.8 Å². The summed E-state index contributed by atoms with van der Waals surface area (Å²) in [6.45, 7) is 4.11. The zero-order valence-electron chi connectivity index (χ0n) is 20.6. The summed E-state index contributed by atoms with van der Waals surface area (Å²) in [5, 5.41) is 0. The van der Waals surface area contributed by atoms with Gasteiger partial charge in [-0.2, -0.15) is 0 Å². The van der Waals surface area contributed by atoms with Gasteiger partial charge < -0.3 is 9.47 Å². The lowest BCUT2D eigenvalue weighted by molar-refractivity contribution is -0.237. The minimum absolute atomic E-state index is 0.0204. The Balaban J connectivity index is 1.08. The van der Waals surface area contributed by atoms with Gasteiger partial charge in [0.15, 0.2) is 17.9 Å². The van der Waals surface area contributed by atoms with Crippen LogP contribution in [-0.2, 0) is 15.9 Å². The Morgan fingerprint density at radius 2 is 1.36 bits per heavy atom. The van der Waals surface area contributed by atoms with Crippen molar-refractivity contribution in [3.05, 3.63) is 35.4 Å². The van der Waals surface area contributed by atoms with Crippen molar-refractivity contribution in [2.75, 3.05) is 13.2 Å². The van der Waals surface area contributed by atoms with E-state index in [9.17, 15) is 8.78 Å². The van der Waals surface area contributed by atoms with E-state index in [1.165, 1.54) is 82.8 Å². The predicted molar refractivity (Wildman–Crippen MR) is 129 cm³/mol. The third kappa shape index (κ3) is 7.24. The molecule has 0 atom stereocenters. The highest BCUT2D eigenvalue weighted by molar-refractivity contribution is 5.17. The second-order valence-electron chi connectivity index (χ2n) is 11.1. The fourth-order valence-corrected chi connectivity index (χ4v) is 6.64. The van der Waals surface area contributed by atoms with Gasteiger partial charge >= 0.3 is 0 Å². The van der Waals surface area contributed by atoms with Gasteiger partial charge in [-0.25, -0.2) is 8.78 Å². The molecule has 0 spiro atoms. The zero-order valence-corrected chi connectivity index (χ0v) is 20.6. The molecular weight excluding hydrogens is 418 g/mol. The van der Waals surface area contributed by atoms with Crippen molar-refractivity contribution < 1.29 is 18.3 Å². The molecule has 0 N–H and O–H groups in total. The standard InChI is InChI=1S/C29H44F2O2/c1-2-5-21-8-13-24(14-9-21)26-19-32-29(33-20-26)25-15-10-22(11-16-25)6-3-4-7-23-12-17-27(30)28(31)18-23/h12,17-18,21-22,24-26,29H,2-11,13-16,19-20H2,1H3. The molecule has 33 heavy (non-hydrogen) atoms. The summed E-state index contributed by atoms with van der Waals surface area (Å²) >= 11 is 0. The van der Waals surface area contributed by atoms with Gasteiger partial charge in [0.1, 0.15) is 0 Å². The first-order chi connectivity index (χ1) is 16.1. The number of hydrogen-bond acceptors (Lipinski definition) is 2. The molecule has 1 aliphatic heterocycles. The van der Waals surface area contributed by atoms with Crippen LogP contribution in [0.2, 0.25) is 0 Å². The molecule has 3 aliphatic rings. The molecule has 0 aromatic heterocycles. The van der Waals surface area contributed by atoms with E-state index in [2.05, 4.69) is 6.92 Å². The molecule has 0 radical (unpaired) electrons. The van der Waals surface area contributed by atoms with Crippen molar-refractivity contribution in [3.63, 3.8) is 0 Å². The van der Waals surface area contributed by atoms with Gasteiger partial charge in [-0.3, -0.25) is 0 Å². The molecule has 2 aliphatic carbocycles. The predicted octanol–water partition coefficient (Wildman–Crippen LogP) is 8.08. The van der Waals surface area contributed by atoms with Crippen molar-refractivity contribution in [2.24, 2.45) is 29.6 Å². The van der Waals surface area contributed by atoms with Crippen LogP contribution < -0.4 is 0 Å². The zero-order chi connectivity index (χ0) is 23.0. The summed E-state index contributed by atoms with van der Waals surface area (Å²) in [6.07, 6.45) is 17.5. The largest absolute Gasteiger partial charge is 0.352 e. The molecule has 4 rings (SSSR count). The molecule has 3 fully saturated rings. The molecule has 1 aromatic rings. The van der Waals surface area contributed by atoms with E-state index >= 15 is 0 Å². The van der Waals surface area contributed by atoms with E-state index in [0.29, 0.717) is 11.8 Å². The van der Waals surface area contributed by atoms with Gasteiger partial charge in [0, 0.05) is 11.8 Å². The van der Waals surface area contributed by atoms with E-state index in [1.807, 2.05) is 0 Å². The van der Waals surface area contributed by atoms with Crippen LogP contribution in [0.5, 0.6) is 0 Å². The molecule has 1 saturated heterocycles. The van der Waals surface area contributed by atoms with Crippen molar-refractivity contribution >= 4 is 0 Å². The molecule has 0 unspecified atom stereocenters. The number of aryl methyl sites for hydroxylation is 1. The summed E-state index contributed by atoms with van der Waals surface area (Å²) in [4.78, 5) is 0. The first kappa shape index (κ1) is 25.1. The summed E-state index contributed by atoms with van der Waals surface area (Å²) in [5.74, 6) is 2.24. The summed E-state index contributed by atoms with van der Waals surface area (Å²) in [5.41, 5.74) is 0.900. The van der Waals surface area contributed by atoms with Crippen LogP contribution in [0.25, 0.3) is 0 Å². The van der Waals surface area contributed by atoms with Crippen LogP contribution in [-0.4, -0.2) is 19.5 Å². The number of ether oxygens (including phenoxy) is 2. The van der Waals surface area contributed by atoms with E-state index in [1.54, 1.807) is 6.07 Å². The van der Waals surface area contributed by atoms with Crippen molar-refractivity contribution in [1.82, 2.24) is 0 Å². The number of benzene rings is 1. The highest BCUT2D eigenvalue weighted by Crippen LogP contribution is 2.40. The van der Waals surface area contributed by atoms with Gasteiger partial charge in [0.2, 0.25) is 0 Å². The number of halogens is 2. The maximum atomic E-state index is 13.3. The summed E-state index contributed by atoms with van der Waals surface area (Å²) in [7, 11) is 0. The first-order valence-corrected chi connectivity index (χ1v) is 13.8. The third-order valence-electron chi connectivity index (χ3n) is 8.79. The average Bonchev–Trinajstić information content (AvgIpc) is 2.85. The van der Waals surface area contributed by atoms with Crippen LogP contribution in [0.3, 0.4) is 0 Å². The van der Waals surface area contributed by atoms with Crippen molar-refractivity contribution in [3.8, 4) is 0 Å². The Morgan fingerprint density at radius 1 is 0.727 bits per heavy atom. The first-order valence-electron chi connectivity index (χ1n) is 13.8. The smallest absolute Gasteiger partial charge is 0.160 e. The van der Waals surface area contributed by atoms with Gasteiger partial charge in [-0.1, -0.05) is 51.5 Å². The Kier molecular flexibility index (Phi) is 9.61. The second-order valence-corrected chi connectivity index (χ2v) is 11.1. The van der Waals surface area contributed by atoms with E-state index in [-0.39, 0.29) is 6.29 Å². The summed E-state index contributed by atoms with van der Waals surface area (Å²) < 4.78 is 38.9. The van der Waals surface area contributed by atoms with Crippen LogP contribution in [0.4, 0.5) is 8.78 Å². The average molecular weight is 463 g/mol. The molecule has 4 heteroatoms. The maximum Gasteiger partial charge on any atom is 0.160 e. The van der Waals surface area contributed by atoms with Gasteiger partial charge in [-0.15, -0.1) is 0 Å². The van der Waals surface area contributed by atoms with Crippen LogP contribution >= 0.6 is 0 Å². The maximum absolute atomic E-state index is 13.3. The molecule has 1 aromatic carbocycles. The lowest BCUT2D eigenvalue weighted by Gasteiger charge is -2.41. The fourth-order valence-electron chi connectivity index (χ4n) is 6.64.